The molecule has 0 unspecified atom stereocenters. The Labute approximate surface area is 242 Å². The molecule has 1 N–H and O–H groups in total. The Morgan fingerprint density at radius 3 is 2.71 bits per heavy atom. The van der Waals surface area contributed by atoms with Crippen molar-refractivity contribution in [3.8, 4) is 11.5 Å². The number of ether oxygens (including phenoxy) is 2. The topological polar surface area (TPSA) is 150 Å². The first-order valence-corrected chi connectivity index (χ1v) is 14.3. The fourth-order valence-corrected chi connectivity index (χ4v) is 5.77. The first-order chi connectivity index (χ1) is 20.4. The highest BCUT2D eigenvalue weighted by Crippen LogP contribution is 2.40. The lowest BCUT2D eigenvalue weighted by Crippen LogP contribution is -2.40. The molecule has 0 spiro atoms. The zero-order valence-corrected chi connectivity index (χ0v) is 23.8. The van der Waals surface area contributed by atoms with Gasteiger partial charge in [-0.1, -0.05) is 6.07 Å². The van der Waals surface area contributed by atoms with E-state index in [1.165, 1.54) is 11.0 Å². The van der Waals surface area contributed by atoms with Gasteiger partial charge >= 0.3 is 0 Å². The predicted molar refractivity (Wildman–Crippen MR) is 148 cm³/mol. The summed E-state index contributed by atoms with van der Waals surface area (Å²) in [6.45, 7) is 2.09. The number of aryl methyl sites for hydroxylation is 1. The smallest absolute Gasteiger partial charge is 0.272 e. The van der Waals surface area contributed by atoms with Crippen molar-refractivity contribution in [3.63, 3.8) is 0 Å². The molecule has 6 rings (SSSR count). The summed E-state index contributed by atoms with van der Waals surface area (Å²) in [5.41, 5.74) is 2.38. The van der Waals surface area contributed by atoms with Crippen LogP contribution in [0.1, 0.15) is 52.8 Å². The number of amides is 3. The molecule has 4 heterocycles. The summed E-state index contributed by atoms with van der Waals surface area (Å²) in [5, 5.41) is 18.6. The van der Waals surface area contributed by atoms with E-state index in [0.29, 0.717) is 55.7 Å². The van der Waals surface area contributed by atoms with E-state index in [1.54, 1.807) is 28.6 Å². The molecule has 2 bridgehead atoms. The second-order valence-corrected chi connectivity index (χ2v) is 11.1. The number of nitrogens with zero attached hydrogens (tertiary/aromatic N) is 8. The first-order valence-electron chi connectivity index (χ1n) is 14.3. The second-order valence-electron chi connectivity index (χ2n) is 11.1. The van der Waals surface area contributed by atoms with Crippen LogP contribution in [0, 0.1) is 5.92 Å². The Morgan fingerprint density at radius 1 is 1.12 bits per heavy atom. The standard InChI is InChI=1S/C28H35N9O5/c1-34-23(13-22(31-34)18-4-5-18)28(40)36-14-20-19-6-7-24(41-2)25(12-19)42-11-10-35(26(38)16-37-17-30-32-33-37)9-3-8-29-27(39)21(20)15-36/h6-7,12-13,17-18,20-21H,3-5,8-11,14-16H2,1-2H3,(H,29,39)/t20-,21+/m1/s1. The lowest BCUT2D eigenvalue weighted by atomic mass is 9.88. The summed E-state index contributed by atoms with van der Waals surface area (Å²) in [6.07, 6.45) is 4.15. The lowest BCUT2D eigenvalue weighted by molar-refractivity contribution is -0.132. The van der Waals surface area contributed by atoms with Crippen LogP contribution in [0.25, 0.3) is 0 Å². The molecule has 0 radical (unpaired) electrons. The number of tetrazole rings is 1. The molecule has 2 fully saturated rings. The van der Waals surface area contributed by atoms with Crippen molar-refractivity contribution in [1.82, 2.24) is 45.1 Å². The van der Waals surface area contributed by atoms with E-state index in [4.69, 9.17) is 9.47 Å². The molecule has 222 valence electrons. The first kappa shape index (κ1) is 27.7. The minimum absolute atomic E-state index is 0.00456. The van der Waals surface area contributed by atoms with E-state index in [1.807, 2.05) is 24.3 Å². The minimum Gasteiger partial charge on any atom is -0.493 e. The maximum Gasteiger partial charge on any atom is 0.272 e. The van der Waals surface area contributed by atoms with Crippen molar-refractivity contribution in [2.24, 2.45) is 13.0 Å². The van der Waals surface area contributed by atoms with Gasteiger partial charge in [0.25, 0.3) is 5.91 Å². The Balaban J connectivity index is 1.23. The molecule has 3 aromatic rings. The van der Waals surface area contributed by atoms with Crippen LogP contribution in [0.15, 0.2) is 30.6 Å². The Morgan fingerprint density at radius 2 is 1.95 bits per heavy atom. The summed E-state index contributed by atoms with van der Waals surface area (Å²) >= 11 is 0. The Hall–Kier alpha value is -4.49. The number of nitrogens with one attached hydrogen (secondary N) is 1. The van der Waals surface area contributed by atoms with Crippen molar-refractivity contribution in [2.75, 3.05) is 46.4 Å². The zero-order valence-electron chi connectivity index (χ0n) is 23.8. The van der Waals surface area contributed by atoms with Crippen molar-refractivity contribution in [1.29, 1.82) is 0 Å². The summed E-state index contributed by atoms with van der Waals surface area (Å²) in [5.74, 6) is 0.417. The summed E-state index contributed by atoms with van der Waals surface area (Å²) < 4.78 is 14.7. The van der Waals surface area contributed by atoms with Crippen LogP contribution in [0.4, 0.5) is 0 Å². The third-order valence-electron chi connectivity index (χ3n) is 8.24. The van der Waals surface area contributed by atoms with Crippen LogP contribution in [0.5, 0.6) is 11.5 Å². The van der Waals surface area contributed by atoms with Gasteiger partial charge in [-0.3, -0.25) is 19.1 Å². The number of hydrogen-bond donors (Lipinski definition) is 1. The number of likely N-dealkylation sites (tertiary alicyclic amines) is 1. The molecule has 3 amide bonds. The monoisotopic (exact) mass is 577 g/mol. The number of benzene rings is 1. The van der Waals surface area contributed by atoms with Gasteiger partial charge in [0.2, 0.25) is 11.8 Å². The van der Waals surface area contributed by atoms with Crippen LogP contribution in [0.2, 0.25) is 0 Å². The number of carbonyl (C=O) groups excluding carboxylic acids is 3. The molecular formula is C28H35N9O5. The third-order valence-corrected chi connectivity index (χ3v) is 8.24. The van der Waals surface area contributed by atoms with Gasteiger partial charge in [0.1, 0.15) is 25.2 Å². The van der Waals surface area contributed by atoms with Crippen LogP contribution < -0.4 is 14.8 Å². The van der Waals surface area contributed by atoms with Gasteiger partial charge < -0.3 is 24.6 Å². The SMILES string of the molecule is COc1ccc2cc1OCCN(C(=O)Cn1cnnn1)CCCNC(=O)[C@H]1CN(C(=O)c3cc(C4CC4)nn3C)C[C@H]21. The van der Waals surface area contributed by atoms with Crippen LogP contribution >= 0.6 is 0 Å². The van der Waals surface area contributed by atoms with Crippen molar-refractivity contribution >= 4 is 17.7 Å². The van der Waals surface area contributed by atoms with Crippen LogP contribution in [0.3, 0.4) is 0 Å². The molecule has 2 aliphatic heterocycles. The molecule has 2 atom stereocenters. The molecule has 42 heavy (non-hydrogen) atoms. The average molecular weight is 578 g/mol. The molecule has 14 nitrogen and oxygen atoms in total. The molecule has 2 aromatic heterocycles. The molecule has 1 saturated carbocycles. The van der Waals surface area contributed by atoms with Gasteiger partial charge in [-0.15, -0.1) is 5.10 Å². The fourth-order valence-electron chi connectivity index (χ4n) is 5.77. The number of carbonyl (C=O) groups is 3. The van der Waals surface area contributed by atoms with E-state index < -0.39 is 5.92 Å². The van der Waals surface area contributed by atoms with Crippen LogP contribution in [-0.2, 0) is 23.2 Å². The van der Waals surface area contributed by atoms with E-state index in [9.17, 15) is 14.4 Å². The molecule has 3 aliphatic rings. The zero-order chi connectivity index (χ0) is 29.2. The van der Waals surface area contributed by atoms with E-state index >= 15 is 0 Å². The van der Waals surface area contributed by atoms with Crippen molar-refractivity contribution in [3.05, 3.63) is 47.5 Å². The van der Waals surface area contributed by atoms with Gasteiger partial charge in [-0.25, -0.2) is 4.68 Å². The van der Waals surface area contributed by atoms with Gasteiger partial charge in [0.05, 0.1) is 25.3 Å². The number of methoxy groups -OCH3 is 1. The maximum atomic E-state index is 13.7. The molecule has 1 aromatic carbocycles. The highest BCUT2D eigenvalue weighted by molar-refractivity contribution is 5.94. The van der Waals surface area contributed by atoms with E-state index in [-0.39, 0.29) is 43.3 Å². The molecule has 14 heteroatoms. The molecule has 1 saturated heterocycles. The van der Waals surface area contributed by atoms with Gasteiger partial charge in [-0.05, 0) is 53.5 Å². The quantitative estimate of drug-likeness (QED) is 0.459. The van der Waals surface area contributed by atoms with Crippen molar-refractivity contribution in [2.45, 2.75) is 37.6 Å². The number of rotatable bonds is 5. The van der Waals surface area contributed by atoms with Crippen molar-refractivity contribution < 1.29 is 23.9 Å². The molecule has 1 aliphatic carbocycles. The minimum atomic E-state index is -0.452. The Bertz CT molecular complexity index is 1450. The van der Waals surface area contributed by atoms with E-state index in [2.05, 4.69) is 25.9 Å². The highest BCUT2D eigenvalue weighted by atomic mass is 16.5. The maximum absolute atomic E-state index is 13.7. The number of hydrogen-bond acceptors (Lipinski definition) is 9. The van der Waals surface area contributed by atoms with Crippen LogP contribution in [-0.4, -0.2) is 104 Å². The highest BCUT2D eigenvalue weighted by Gasteiger charge is 2.42. The number of fused-ring (bicyclic) bond motifs is 4. The second kappa shape index (κ2) is 11.8. The third kappa shape index (κ3) is 5.78. The Kier molecular flexibility index (Phi) is 7.76. The summed E-state index contributed by atoms with van der Waals surface area (Å²) in [7, 11) is 3.36. The lowest BCUT2D eigenvalue weighted by Gasteiger charge is -2.25. The normalized spacial score (nSPS) is 21.2. The van der Waals surface area contributed by atoms with E-state index in [0.717, 1.165) is 24.1 Å². The average Bonchev–Trinajstić information content (AvgIpc) is 3.34. The van der Waals surface area contributed by atoms with Gasteiger partial charge in [-0.2, -0.15) is 5.10 Å². The van der Waals surface area contributed by atoms with Gasteiger partial charge in [0.15, 0.2) is 11.5 Å². The summed E-state index contributed by atoms with van der Waals surface area (Å²) in [4.78, 5) is 43.6. The molecular weight excluding hydrogens is 542 g/mol. The fraction of sp³-hybridized carbons (Fsp3) is 0.536. The predicted octanol–water partition coefficient (Wildman–Crippen LogP) is 0.576. The largest absolute Gasteiger partial charge is 0.493 e. The number of aromatic nitrogens is 6. The summed E-state index contributed by atoms with van der Waals surface area (Å²) in [6, 6.07) is 7.52. The van der Waals surface area contributed by atoms with Gasteiger partial charge in [0, 0.05) is 45.1 Å².